The van der Waals surface area contributed by atoms with Crippen molar-refractivity contribution in [3.8, 4) is 0 Å². The average Bonchev–Trinajstić information content (AvgIpc) is 3.19. The molecule has 1 N–H and O–H groups in total. The molecule has 1 saturated carbocycles. The molecule has 4 nitrogen and oxygen atoms in total. The minimum Gasteiger partial charge on any atom is -0.349 e. The van der Waals surface area contributed by atoms with Crippen LogP contribution in [-0.2, 0) is 6.54 Å². The summed E-state index contributed by atoms with van der Waals surface area (Å²) in [5, 5.41) is 8.82. The van der Waals surface area contributed by atoms with Crippen LogP contribution in [-0.4, -0.2) is 21.7 Å². The molecule has 1 aliphatic carbocycles. The molecule has 0 saturated heterocycles. The first-order valence-electron chi connectivity index (χ1n) is 9.52. The normalized spacial score (nSPS) is 20.1. The van der Waals surface area contributed by atoms with Gasteiger partial charge in [0.05, 0.1) is 17.1 Å². The second-order valence-corrected chi connectivity index (χ2v) is 8.67. The largest absolute Gasteiger partial charge is 0.349 e. The Hall–Kier alpha value is -2.21. The SMILES string of the molecule is Cc1nn(Cc2ccc(F)cc2)c2sc(C(=O)N[C@H]3CCC[C@@H](C)C3)cc12. The first kappa shape index (κ1) is 18.2. The van der Waals surface area contributed by atoms with Crippen LogP contribution in [0.5, 0.6) is 0 Å². The number of aromatic nitrogens is 2. The lowest BCUT2D eigenvalue weighted by Gasteiger charge is -2.27. The quantitative estimate of drug-likeness (QED) is 0.694. The van der Waals surface area contributed by atoms with Crippen molar-refractivity contribution in [1.29, 1.82) is 0 Å². The number of aryl methyl sites for hydroxylation is 1. The number of nitrogens with zero attached hydrogens (tertiary/aromatic N) is 2. The fourth-order valence-electron chi connectivity index (χ4n) is 3.92. The lowest BCUT2D eigenvalue weighted by Crippen LogP contribution is -2.37. The molecule has 0 bridgehead atoms. The third-order valence-electron chi connectivity index (χ3n) is 5.35. The number of hydrogen-bond donors (Lipinski definition) is 1. The van der Waals surface area contributed by atoms with Crippen LogP contribution in [0, 0.1) is 18.7 Å². The van der Waals surface area contributed by atoms with Gasteiger partial charge in [-0.15, -0.1) is 11.3 Å². The van der Waals surface area contributed by atoms with Gasteiger partial charge in [-0.1, -0.05) is 31.9 Å². The first-order valence-corrected chi connectivity index (χ1v) is 10.3. The highest BCUT2D eigenvalue weighted by molar-refractivity contribution is 7.20. The number of carbonyl (C=O) groups excluding carboxylic acids is 1. The monoisotopic (exact) mass is 385 g/mol. The minimum atomic E-state index is -0.243. The Kier molecular flexibility index (Phi) is 5.00. The van der Waals surface area contributed by atoms with E-state index in [1.165, 1.54) is 36.3 Å². The zero-order valence-corrected chi connectivity index (χ0v) is 16.5. The summed E-state index contributed by atoms with van der Waals surface area (Å²) in [6, 6.07) is 8.68. The second kappa shape index (κ2) is 7.43. The zero-order chi connectivity index (χ0) is 19.0. The van der Waals surface area contributed by atoms with Crippen LogP contribution in [0.4, 0.5) is 4.39 Å². The number of thiophene rings is 1. The molecule has 0 aliphatic heterocycles. The summed E-state index contributed by atoms with van der Waals surface area (Å²) in [5.74, 6) is 0.452. The van der Waals surface area contributed by atoms with E-state index in [2.05, 4.69) is 17.3 Å². The van der Waals surface area contributed by atoms with Crippen LogP contribution in [0.25, 0.3) is 10.2 Å². The highest BCUT2D eigenvalue weighted by Crippen LogP contribution is 2.30. The third-order valence-corrected chi connectivity index (χ3v) is 6.50. The van der Waals surface area contributed by atoms with Crippen molar-refractivity contribution in [3.63, 3.8) is 0 Å². The van der Waals surface area contributed by atoms with Gasteiger partial charge in [-0.05, 0) is 49.4 Å². The minimum absolute atomic E-state index is 0.0167. The zero-order valence-electron chi connectivity index (χ0n) is 15.7. The lowest BCUT2D eigenvalue weighted by atomic mass is 9.87. The van der Waals surface area contributed by atoms with E-state index in [4.69, 9.17) is 0 Å². The van der Waals surface area contributed by atoms with Gasteiger partial charge < -0.3 is 5.32 Å². The predicted octanol–water partition coefficient (Wildman–Crippen LogP) is 4.90. The molecule has 0 unspecified atom stereocenters. The molecule has 1 fully saturated rings. The number of benzene rings is 1. The summed E-state index contributed by atoms with van der Waals surface area (Å²) in [5.41, 5.74) is 1.89. The van der Waals surface area contributed by atoms with Gasteiger partial charge in [-0.25, -0.2) is 4.39 Å². The van der Waals surface area contributed by atoms with Gasteiger partial charge in [-0.3, -0.25) is 9.48 Å². The number of fused-ring (bicyclic) bond motifs is 1. The maximum absolute atomic E-state index is 13.1. The highest BCUT2D eigenvalue weighted by Gasteiger charge is 2.23. The van der Waals surface area contributed by atoms with E-state index < -0.39 is 0 Å². The van der Waals surface area contributed by atoms with Gasteiger partial charge >= 0.3 is 0 Å². The van der Waals surface area contributed by atoms with E-state index in [0.717, 1.165) is 39.2 Å². The van der Waals surface area contributed by atoms with Crippen molar-refractivity contribution < 1.29 is 9.18 Å². The van der Waals surface area contributed by atoms with Crippen LogP contribution < -0.4 is 5.32 Å². The maximum Gasteiger partial charge on any atom is 0.261 e. The van der Waals surface area contributed by atoms with Crippen molar-refractivity contribution in [2.24, 2.45) is 5.92 Å². The van der Waals surface area contributed by atoms with Crippen LogP contribution in [0.1, 0.15) is 53.5 Å². The predicted molar refractivity (Wildman–Crippen MR) is 107 cm³/mol. The van der Waals surface area contributed by atoms with Crippen molar-refractivity contribution in [2.75, 3.05) is 0 Å². The standard InChI is InChI=1S/C21H24FN3OS/c1-13-4-3-5-17(10-13)23-20(26)19-11-18-14(2)24-25(21(18)27-19)12-15-6-8-16(22)9-7-15/h6-9,11,13,17H,3-5,10,12H2,1-2H3,(H,23,26)/t13-,17+/m1/s1. The van der Waals surface area contributed by atoms with Crippen LogP contribution >= 0.6 is 11.3 Å². The van der Waals surface area contributed by atoms with Crippen molar-refractivity contribution >= 4 is 27.5 Å². The average molecular weight is 386 g/mol. The summed E-state index contributed by atoms with van der Waals surface area (Å²) in [6.45, 7) is 4.78. The molecule has 6 heteroatoms. The Morgan fingerprint density at radius 1 is 1.33 bits per heavy atom. The van der Waals surface area contributed by atoms with Gasteiger partial charge in [0.25, 0.3) is 5.91 Å². The molecule has 4 rings (SSSR count). The van der Waals surface area contributed by atoms with Crippen LogP contribution in [0.15, 0.2) is 30.3 Å². The molecule has 3 aromatic rings. The highest BCUT2D eigenvalue weighted by atomic mass is 32.1. The van der Waals surface area contributed by atoms with Gasteiger partial charge in [0.15, 0.2) is 0 Å². The summed E-state index contributed by atoms with van der Waals surface area (Å²) in [7, 11) is 0. The summed E-state index contributed by atoms with van der Waals surface area (Å²) < 4.78 is 15.0. The molecule has 0 radical (unpaired) electrons. The fourth-order valence-corrected chi connectivity index (χ4v) is 4.98. The molecule has 1 amide bonds. The van der Waals surface area contributed by atoms with E-state index in [9.17, 15) is 9.18 Å². The molecule has 1 aliphatic rings. The number of nitrogens with one attached hydrogen (secondary N) is 1. The van der Waals surface area contributed by atoms with E-state index in [1.807, 2.05) is 17.7 Å². The van der Waals surface area contributed by atoms with Crippen molar-refractivity contribution in [3.05, 3.63) is 52.3 Å². The van der Waals surface area contributed by atoms with Gasteiger partial charge in [0.2, 0.25) is 0 Å². The van der Waals surface area contributed by atoms with E-state index in [-0.39, 0.29) is 17.8 Å². The molecular formula is C21H24FN3OS. The summed E-state index contributed by atoms with van der Waals surface area (Å²) in [4.78, 5) is 14.5. The van der Waals surface area contributed by atoms with E-state index in [1.54, 1.807) is 12.1 Å². The number of amides is 1. The second-order valence-electron chi connectivity index (χ2n) is 7.64. The number of rotatable bonds is 4. The molecule has 2 aromatic heterocycles. The summed E-state index contributed by atoms with van der Waals surface area (Å²) >= 11 is 1.48. The van der Waals surface area contributed by atoms with Crippen molar-refractivity contribution in [2.45, 2.75) is 52.1 Å². The van der Waals surface area contributed by atoms with Crippen LogP contribution in [0.3, 0.4) is 0 Å². The fraction of sp³-hybridized carbons (Fsp3) is 0.429. The Morgan fingerprint density at radius 2 is 2.11 bits per heavy atom. The Labute approximate surface area is 162 Å². The van der Waals surface area contributed by atoms with E-state index >= 15 is 0 Å². The van der Waals surface area contributed by atoms with Gasteiger partial charge in [0, 0.05) is 11.4 Å². The Balaban J connectivity index is 1.55. The molecule has 2 heterocycles. The molecule has 0 spiro atoms. The molecule has 142 valence electrons. The molecular weight excluding hydrogens is 361 g/mol. The number of hydrogen-bond acceptors (Lipinski definition) is 3. The maximum atomic E-state index is 13.1. The van der Waals surface area contributed by atoms with Gasteiger partial charge in [0.1, 0.15) is 10.6 Å². The number of carbonyl (C=O) groups is 1. The molecule has 2 atom stereocenters. The number of halogens is 1. The van der Waals surface area contributed by atoms with Gasteiger partial charge in [-0.2, -0.15) is 5.10 Å². The first-order chi connectivity index (χ1) is 13.0. The smallest absolute Gasteiger partial charge is 0.261 e. The third kappa shape index (κ3) is 3.90. The summed E-state index contributed by atoms with van der Waals surface area (Å²) in [6.07, 6.45) is 4.57. The Morgan fingerprint density at radius 3 is 2.85 bits per heavy atom. The molecule has 1 aromatic carbocycles. The Bertz CT molecular complexity index is 960. The van der Waals surface area contributed by atoms with Crippen molar-refractivity contribution in [1.82, 2.24) is 15.1 Å². The van der Waals surface area contributed by atoms with E-state index in [0.29, 0.717) is 12.5 Å². The topological polar surface area (TPSA) is 46.9 Å². The lowest BCUT2D eigenvalue weighted by molar-refractivity contribution is 0.0925. The van der Waals surface area contributed by atoms with Crippen LogP contribution in [0.2, 0.25) is 0 Å². The molecule has 27 heavy (non-hydrogen) atoms.